The van der Waals surface area contributed by atoms with Gasteiger partial charge in [0.2, 0.25) is 17.7 Å². The molecule has 2 rings (SSSR count). The van der Waals surface area contributed by atoms with E-state index in [0.717, 1.165) is 10.9 Å². The van der Waals surface area contributed by atoms with Gasteiger partial charge in [0.25, 0.3) is 0 Å². The number of carboxylic acids is 1. The van der Waals surface area contributed by atoms with Gasteiger partial charge in [0.15, 0.2) is 0 Å². The van der Waals surface area contributed by atoms with Crippen LogP contribution in [0.2, 0.25) is 0 Å². The topological polar surface area (TPSA) is 233 Å². The molecule has 13 heteroatoms. The summed E-state index contributed by atoms with van der Waals surface area (Å²) >= 11 is 0. The normalized spacial score (nSPS) is 14.6. The SMILES string of the molecule is NCC[C@H](NC(=O)[C@@H](CO)NC(=O)[C@@H](Cc1c[nH]c2ccccc12)NC(=O)[C@H](N)CO)C(=O)O. The van der Waals surface area contributed by atoms with Crippen molar-refractivity contribution in [2.75, 3.05) is 19.8 Å². The Kier molecular flexibility index (Phi) is 9.94. The Morgan fingerprint density at radius 2 is 1.53 bits per heavy atom. The van der Waals surface area contributed by atoms with Gasteiger partial charge in [-0.15, -0.1) is 0 Å². The van der Waals surface area contributed by atoms with Gasteiger partial charge in [-0.1, -0.05) is 18.2 Å². The predicted octanol–water partition coefficient (Wildman–Crippen LogP) is -3.09. The summed E-state index contributed by atoms with van der Waals surface area (Å²) in [7, 11) is 0. The molecular formula is C21H30N6O7. The minimum absolute atomic E-state index is 0.00274. The van der Waals surface area contributed by atoms with Crippen LogP contribution in [0.4, 0.5) is 0 Å². The fourth-order valence-electron chi connectivity index (χ4n) is 3.25. The van der Waals surface area contributed by atoms with Crippen LogP contribution in [0.3, 0.4) is 0 Å². The lowest BCUT2D eigenvalue weighted by Crippen LogP contribution is -2.58. The molecule has 0 spiro atoms. The highest BCUT2D eigenvalue weighted by Gasteiger charge is 2.30. The first-order chi connectivity index (χ1) is 16.2. The van der Waals surface area contributed by atoms with Crippen LogP contribution < -0.4 is 27.4 Å². The first-order valence-corrected chi connectivity index (χ1v) is 10.6. The maximum absolute atomic E-state index is 13.0. The Labute approximate surface area is 194 Å². The van der Waals surface area contributed by atoms with E-state index in [1.807, 2.05) is 18.2 Å². The summed E-state index contributed by atoms with van der Waals surface area (Å²) in [4.78, 5) is 52.0. The number of hydrogen-bond acceptors (Lipinski definition) is 8. The molecule has 0 aliphatic heterocycles. The number of nitrogens with two attached hydrogens (primary N) is 2. The van der Waals surface area contributed by atoms with Crippen LogP contribution in [0.1, 0.15) is 12.0 Å². The van der Waals surface area contributed by atoms with Crippen molar-refractivity contribution in [3.05, 3.63) is 36.0 Å². The van der Waals surface area contributed by atoms with Crippen LogP contribution in [-0.4, -0.2) is 87.9 Å². The molecule has 0 bridgehead atoms. The lowest BCUT2D eigenvalue weighted by atomic mass is 10.0. The van der Waals surface area contributed by atoms with Crippen molar-refractivity contribution in [2.24, 2.45) is 11.5 Å². The highest BCUT2D eigenvalue weighted by Crippen LogP contribution is 2.19. The number of aromatic amines is 1. The van der Waals surface area contributed by atoms with Crippen LogP contribution in [0.5, 0.6) is 0 Å². The molecular weight excluding hydrogens is 448 g/mol. The average Bonchev–Trinajstić information content (AvgIpc) is 3.23. The molecule has 13 nitrogen and oxygen atoms in total. The smallest absolute Gasteiger partial charge is 0.326 e. The van der Waals surface area contributed by atoms with Gasteiger partial charge in [0.05, 0.1) is 13.2 Å². The first-order valence-electron chi connectivity index (χ1n) is 10.6. The number of carbonyl (C=O) groups is 4. The van der Waals surface area contributed by atoms with E-state index >= 15 is 0 Å². The van der Waals surface area contributed by atoms with Crippen molar-refractivity contribution < 1.29 is 34.5 Å². The van der Waals surface area contributed by atoms with E-state index in [4.69, 9.17) is 16.6 Å². The lowest BCUT2D eigenvalue weighted by Gasteiger charge is -2.24. The Balaban J connectivity index is 2.21. The number of hydrogen-bond donors (Lipinski definition) is 9. The van der Waals surface area contributed by atoms with E-state index in [-0.39, 0.29) is 19.4 Å². The summed E-state index contributed by atoms with van der Waals surface area (Å²) in [5.74, 6) is -3.85. The third-order valence-electron chi connectivity index (χ3n) is 5.15. The summed E-state index contributed by atoms with van der Waals surface area (Å²) in [6.45, 7) is -1.47. The number of H-pyrrole nitrogens is 1. The van der Waals surface area contributed by atoms with Gasteiger partial charge >= 0.3 is 5.97 Å². The first kappa shape index (κ1) is 26.7. The number of fused-ring (bicyclic) bond motifs is 1. The monoisotopic (exact) mass is 478 g/mol. The van der Waals surface area contributed by atoms with Crippen LogP contribution in [-0.2, 0) is 25.6 Å². The van der Waals surface area contributed by atoms with Gasteiger partial charge in [-0.2, -0.15) is 0 Å². The van der Waals surface area contributed by atoms with Gasteiger partial charge < -0.3 is 47.7 Å². The Hall–Kier alpha value is -3.52. The fourth-order valence-corrected chi connectivity index (χ4v) is 3.25. The Morgan fingerprint density at radius 1 is 0.912 bits per heavy atom. The standard InChI is InChI=1S/C21H30N6O7/c22-6-5-15(21(33)34)25-20(32)17(10-29)27-19(31)16(26-18(30)13(23)9-28)7-11-8-24-14-4-2-1-3-12(11)14/h1-4,8,13,15-17,24,28-29H,5-7,9-10,22-23H2,(H,25,32)(H,26,30)(H,27,31)(H,33,34)/t13-,15+,16-,17-/m1/s1. The predicted molar refractivity (Wildman–Crippen MR) is 121 cm³/mol. The molecule has 0 saturated carbocycles. The molecule has 0 unspecified atom stereocenters. The largest absolute Gasteiger partial charge is 0.480 e. The molecule has 4 atom stereocenters. The molecule has 3 amide bonds. The van der Waals surface area contributed by atoms with Crippen LogP contribution in [0, 0.1) is 0 Å². The lowest BCUT2D eigenvalue weighted by molar-refractivity contribution is -0.142. The second-order valence-electron chi connectivity index (χ2n) is 7.63. The zero-order valence-electron chi connectivity index (χ0n) is 18.4. The minimum atomic E-state index is -1.49. The zero-order valence-corrected chi connectivity index (χ0v) is 18.4. The molecule has 0 fully saturated rings. The van der Waals surface area contributed by atoms with Crippen molar-refractivity contribution in [3.8, 4) is 0 Å². The number of aromatic nitrogens is 1. The summed E-state index contributed by atoms with van der Waals surface area (Å²) < 4.78 is 0. The van der Waals surface area contributed by atoms with E-state index < -0.39 is 61.1 Å². The highest BCUT2D eigenvalue weighted by atomic mass is 16.4. The number of nitrogens with one attached hydrogen (secondary N) is 4. The summed E-state index contributed by atoms with van der Waals surface area (Å²) in [5, 5.41) is 35.7. The molecule has 186 valence electrons. The number of carboxylic acid groups (broad SMARTS) is 1. The van der Waals surface area contributed by atoms with Gasteiger partial charge in [0.1, 0.15) is 24.2 Å². The minimum Gasteiger partial charge on any atom is -0.480 e. The van der Waals surface area contributed by atoms with E-state index in [1.54, 1.807) is 12.3 Å². The number of amides is 3. The van der Waals surface area contributed by atoms with Crippen molar-refractivity contribution in [3.63, 3.8) is 0 Å². The zero-order chi connectivity index (χ0) is 25.3. The molecule has 0 radical (unpaired) electrons. The fraction of sp³-hybridized carbons (Fsp3) is 0.429. The third kappa shape index (κ3) is 6.99. The van der Waals surface area contributed by atoms with E-state index in [9.17, 15) is 29.4 Å². The number of carbonyl (C=O) groups excluding carboxylic acids is 3. The molecule has 1 heterocycles. The number of rotatable bonds is 13. The van der Waals surface area contributed by atoms with Crippen molar-refractivity contribution in [1.82, 2.24) is 20.9 Å². The number of benzene rings is 1. The molecule has 0 saturated heterocycles. The van der Waals surface area contributed by atoms with Crippen LogP contribution in [0.25, 0.3) is 10.9 Å². The third-order valence-corrected chi connectivity index (χ3v) is 5.15. The van der Waals surface area contributed by atoms with Gasteiger partial charge in [-0.05, 0) is 24.6 Å². The molecule has 1 aromatic heterocycles. The van der Waals surface area contributed by atoms with Crippen molar-refractivity contribution >= 4 is 34.6 Å². The van der Waals surface area contributed by atoms with Crippen molar-refractivity contribution in [1.29, 1.82) is 0 Å². The second-order valence-corrected chi connectivity index (χ2v) is 7.63. The van der Waals surface area contributed by atoms with Crippen molar-refractivity contribution in [2.45, 2.75) is 37.0 Å². The molecule has 1 aromatic carbocycles. The molecule has 34 heavy (non-hydrogen) atoms. The Morgan fingerprint density at radius 3 is 2.15 bits per heavy atom. The van der Waals surface area contributed by atoms with Gasteiger partial charge in [-0.3, -0.25) is 14.4 Å². The maximum atomic E-state index is 13.0. The van der Waals surface area contributed by atoms with E-state index in [1.165, 1.54) is 0 Å². The van der Waals surface area contributed by atoms with Gasteiger partial charge in [0, 0.05) is 23.5 Å². The van der Waals surface area contributed by atoms with Gasteiger partial charge in [-0.25, -0.2) is 4.79 Å². The molecule has 11 N–H and O–H groups in total. The van der Waals surface area contributed by atoms with E-state index in [2.05, 4.69) is 20.9 Å². The average molecular weight is 479 g/mol. The Bertz CT molecular complexity index is 1010. The van der Waals surface area contributed by atoms with Crippen LogP contribution in [0.15, 0.2) is 30.5 Å². The molecule has 0 aliphatic rings. The second kappa shape index (κ2) is 12.6. The summed E-state index contributed by atoms with van der Waals surface area (Å²) in [6.07, 6.45) is 1.62. The molecule has 0 aliphatic carbocycles. The number of aliphatic hydroxyl groups excluding tert-OH is 2. The number of aliphatic hydroxyl groups is 2. The van der Waals surface area contributed by atoms with E-state index in [0.29, 0.717) is 5.56 Å². The van der Waals surface area contributed by atoms with Crippen LogP contribution >= 0.6 is 0 Å². The highest BCUT2D eigenvalue weighted by molar-refractivity contribution is 5.95. The quantitative estimate of drug-likeness (QED) is 0.142. The molecule has 2 aromatic rings. The maximum Gasteiger partial charge on any atom is 0.326 e. The number of para-hydroxylation sites is 1. The summed E-state index contributed by atoms with van der Waals surface area (Å²) in [6, 6.07) is 2.02. The summed E-state index contributed by atoms with van der Waals surface area (Å²) in [5.41, 5.74) is 12.4. The number of aliphatic carboxylic acids is 1.